The third-order valence-corrected chi connectivity index (χ3v) is 8.08. The second-order valence-electron chi connectivity index (χ2n) is 10.9. The summed E-state index contributed by atoms with van der Waals surface area (Å²) < 4.78 is 20.9. The van der Waals surface area contributed by atoms with Gasteiger partial charge in [0.1, 0.15) is 32.0 Å². The van der Waals surface area contributed by atoms with E-state index >= 15 is 0 Å². The molecule has 0 aromatic carbocycles. The molecular weight excluding hydrogens is 476 g/mol. The number of allylic oxidation sites excluding steroid dienone is 4. The second-order valence-corrected chi connectivity index (χ2v) is 10.9. The van der Waals surface area contributed by atoms with Gasteiger partial charge in [0.2, 0.25) is 0 Å². The summed E-state index contributed by atoms with van der Waals surface area (Å²) >= 11 is 0. The van der Waals surface area contributed by atoms with E-state index < -0.39 is 28.9 Å². The molecular formula is C29H40O8. The molecule has 3 aliphatic rings. The largest absolute Gasteiger partial charge is 0.462 e. The van der Waals surface area contributed by atoms with Gasteiger partial charge >= 0.3 is 17.9 Å². The Morgan fingerprint density at radius 3 is 2.14 bits per heavy atom. The number of esters is 3. The molecule has 1 N–H and O–H groups in total. The minimum atomic E-state index is -1.13. The fraction of sp³-hybridized carbons (Fsp3) is 0.621. The van der Waals surface area contributed by atoms with Crippen molar-refractivity contribution in [1.29, 1.82) is 0 Å². The van der Waals surface area contributed by atoms with Crippen LogP contribution in [0.2, 0.25) is 0 Å². The molecule has 1 saturated heterocycles. The quantitative estimate of drug-likeness (QED) is 0.130. The normalized spacial score (nSPS) is 35.5. The highest BCUT2D eigenvalue weighted by atomic mass is 16.6. The van der Waals surface area contributed by atoms with Gasteiger partial charge in [-0.2, -0.15) is 0 Å². The molecule has 8 atom stereocenters. The highest BCUT2D eigenvalue weighted by Gasteiger charge is 2.50. The maximum absolute atomic E-state index is 13.0. The summed E-state index contributed by atoms with van der Waals surface area (Å²) in [7, 11) is 0. The van der Waals surface area contributed by atoms with Crippen LogP contribution >= 0.6 is 0 Å². The van der Waals surface area contributed by atoms with Gasteiger partial charge in [0, 0.05) is 6.08 Å². The lowest BCUT2D eigenvalue weighted by Crippen LogP contribution is -2.35. The zero-order chi connectivity index (χ0) is 27.2. The van der Waals surface area contributed by atoms with Gasteiger partial charge in [0.15, 0.2) is 0 Å². The third-order valence-electron chi connectivity index (χ3n) is 8.08. The van der Waals surface area contributed by atoms with Crippen LogP contribution in [-0.4, -0.2) is 61.6 Å². The molecule has 204 valence electrons. The first-order valence-electron chi connectivity index (χ1n) is 12.9. The smallest absolute Gasteiger partial charge is 0.330 e. The van der Waals surface area contributed by atoms with Crippen molar-refractivity contribution in [3.05, 3.63) is 50.1 Å². The van der Waals surface area contributed by atoms with E-state index in [0.29, 0.717) is 26.1 Å². The molecule has 0 amide bonds. The number of carbonyl (C=O) groups excluding carboxylic acids is 3. The Bertz CT molecular complexity index is 921. The molecule has 0 spiro atoms. The van der Waals surface area contributed by atoms with Gasteiger partial charge in [0.05, 0.1) is 17.4 Å². The molecule has 0 aromatic rings. The van der Waals surface area contributed by atoms with Gasteiger partial charge < -0.3 is 24.1 Å². The van der Waals surface area contributed by atoms with Crippen LogP contribution in [0.15, 0.2) is 50.1 Å². The van der Waals surface area contributed by atoms with Crippen molar-refractivity contribution < 1.29 is 38.4 Å². The summed E-state index contributed by atoms with van der Waals surface area (Å²) in [6.07, 6.45) is 10.6. The van der Waals surface area contributed by atoms with Crippen LogP contribution in [0.25, 0.3) is 0 Å². The van der Waals surface area contributed by atoms with Gasteiger partial charge in [-0.1, -0.05) is 30.9 Å². The number of rotatable bonds is 13. The van der Waals surface area contributed by atoms with Crippen LogP contribution in [0.4, 0.5) is 0 Å². The van der Waals surface area contributed by atoms with Crippen LogP contribution in [0.5, 0.6) is 0 Å². The van der Waals surface area contributed by atoms with E-state index in [9.17, 15) is 19.5 Å². The minimum Gasteiger partial charge on any atom is -0.462 e. The van der Waals surface area contributed by atoms with Crippen molar-refractivity contribution in [1.82, 2.24) is 0 Å². The van der Waals surface area contributed by atoms with Crippen LogP contribution in [0, 0.1) is 34.5 Å². The highest BCUT2D eigenvalue weighted by Crippen LogP contribution is 2.51. The molecule has 2 aliphatic carbocycles. The Morgan fingerprint density at radius 1 is 0.919 bits per heavy atom. The van der Waals surface area contributed by atoms with E-state index in [0.717, 1.165) is 18.9 Å². The average Bonchev–Trinajstić information content (AvgIpc) is 3.57. The summed E-state index contributed by atoms with van der Waals surface area (Å²) in [6, 6.07) is 0. The Morgan fingerprint density at radius 2 is 1.51 bits per heavy atom. The zero-order valence-corrected chi connectivity index (χ0v) is 21.9. The van der Waals surface area contributed by atoms with Gasteiger partial charge in [-0.15, -0.1) is 13.2 Å². The molecule has 3 fully saturated rings. The summed E-state index contributed by atoms with van der Waals surface area (Å²) in [4.78, 5) is 37.2. The molecule has 3 rings (SSSR count). The summed E-state index contributed by atoms with van der Waals surface area (Å²) in [6.45, 7) is 15.3. The van der Waals surface area contributed by atoms with E-state index in [-0.39, 0.29) is 49.0 Å². The number of hydrogen-bond acceptors (Lipinski definition) is 8. The molecule has 0 bridgehead atoms. The van der Waals surface area contributed by atoms with E-state index in [2.05, 4.69) is 31.9 Å². The summed E-state index contributed by atoms with van der Waals surface area (Å²) in [5, 5.41) is 9.99. The van der Waals surface area contributed by atoms with Crippen molar-refractivity contribution in [3.8, 4) is 0 Å². The van der Waals surface area contributed by atoms with Crippen molar-refractivity contribution in [3.63, 3.8) is 0 Å². The molecule has 1 heterocycles. The van der Waals surface area contributed by atoms with Crippen LogP contribution in [-0.2, 0) is 33.3 Å². The molecule has 37 heavy (non-hydrogen) atoms. The number of aliphatic hydroxyl groups is 1. The van der Waals surface area contributed by atoms with Crippen molar-refractivity contribution in [2.75, 3.05) is 26.4 Å². The lowest BCUT2D eigenvalue weighted by Gasteiger charge is -2.28. The molecule has 0 radical (unpaired) electrons. The van der Waals surface area contributed by atoms with E-state index in [4.69, 9.17) is 18.9 Å². The minimum absolute atomic E-state index is 0.00228. The first kappa shape index (κ1) is 28.9. The van der Waals surface area contributed by atoms with Crippen molar-refractivity contribution in [2.45, 2.75) is 51.7 Å². The Kier molecular flexibility index (Phi) is 9.53. The number of aliphatic hydroxyl groups excluding tert-OH is 1. The van der Waals surface area contributed by atoms with Crippen LogP contribution < -0.4 is 0 Å². The maximum atomic E-state index is 13.0. The predicted molar refractivity (Wildman–Crippen MR) is 137 cm³/mol. The van der Waals surface area contributed by atoms with E-state index in [1.165, 1.54) is 0 Å². The lowest BCUT2D eigenvalue weighted by atomic mass is 9.78. The van der Waals surface area contributed by atoms with Crippen molar-refractivity contribution >= 4 is 17.9 Å². The second kappa shape index (κ2) is 12.2. The Labute approximate surface area is 219 Å². The van der Waals surface area contributed by atoms with Gasteiger partial charge in [-0.05, 0) is 63.2 Å². The molecule has 8 nitrogen and oxygen atoms in total. The number of carbonyl (C=O) groups is 3. The fourth-order valence-corrected chi connectivity index (χ4v) is 5.59. The first-order chi connectivity index (χ1) is 17.5. The molecule has 8 heteroatoms. The summed E-state index contributed by atoms with van der Waals surface area (Å²) in [5.41, 5.74) is -1.45. The molecule has 2 saturated carbocycles. The van der Waals surface area contributed by atoms with E-state index in [1.54, 1.807) is 6.08 Å². The van der Waals surface area contributed by atoms with Crippen molar-refractivity contribution in [2.24, 2.45) is 34.5 Å². The summed E-state index contributed by atoms with van der Waals surface area (Å²) in [5.74, 6) is -1.07. The Balaban J connectivity index is 1.61. The first-order valence-corrected chi connectivity index (χ1v) is 12.9. The van der Waals surface area contributed by atoms with Crippen LogP contribution in [0.3, 0.4) is 0 Å². The monoisotopic (exact) mass is 516 g/mol. The lowest BCUT2D eigenvalue weighted by molar-refractivity contribution is -0.161. The Hall–Kier alpha value is -2.71. The SMILES string of the molecule is C=CC(=O)OCC(O)COC(=O)C1(C)CC(/C=C\C2CC(C=C)CC2(C)C(=O)OCC2CO2)CC1C=C. The van der Waals surface area contributed by atoms with Gasteiger partial charge in [-0.3, -0.25) is 9.59 Å². The number of ether oxygens (including phenoxy) is 4. The molecule has 1 aliphatic heterocycles. The maximum Gasteiger partial charge on any atom is 0.330 e. The average molecular weight is 517 g/mol. The fourth-order valence-electron chi connectivity index (χ4n) is 5.59. The van der Waals surface area contributed by atoms with E-state index in [1.807, 2.05) is 19.9 Å². The number of epoxide rings is 1. The third kappa shape index (κ3) is 6.99. The topological polar surface area (TPSA) is 112 Å². The molecule has 8 unspecified atom stereocenters. The van der Waals surface area contributed by atoms with Crippen LogP contribution in [0.1, 0.15) is 39.5 Å². The number of hydrogen-bond donors (Lipinski definition) is 1. The highest BCUT2D eigenvalue weighted by molar-refractivity contribution is 5.81. The zero-order valence-electron chi connectivity index (χ0n) is 21.9. The van der Waals surface area contributed by atoms with Gasteiger partial charge in [0.25, 0.3) is 0 Å². The standard InChI is InChI=1S/C29H40O8/c1-6-19-11-22(29(5,13-19)27(33)37-18-24-17-34-24)10-9-20-12-21(7-2)28(4,14-20)26(32)36-16-23(30)15-35-25(31)8-3/h6-10,19-24,30H,1-3,11-18H2,4-5H3/b10-9-. The predicted octanol–water partition coefficient (Wildman–Crippen LogP) is 3.55. The van der Waals surface area contributed by atoms with Gasteiger partial charge in [-0.25, -0.2) is 4.79 Å². The molecule has 0 aromatic heterocycles.